The SMILES string of the molecule is O=C(Oc1ccc(Cl)c(Cl)c1)C1CC1. The summed E-state index contributed by atoms with van der Waals surface area (Å²) in [6.45, 7) is 0. The van der Waals surface area contributed by atoms with E-state index in [2.05, 4.69) is 0 Å². The molecule has 0 amide bonds. The van der Waals surface area contributed by atoms with Crippen LogP contribution in [0.25, 0.3) is 0 Å². The Morgan fingerprint density at radius 3 is 2.57 bits per heavy atom. The van der Waals surface area contributed by atoms with Gasteiger partial charge < -0.3 is 4.74 Å². The average Bonchev–Trinajstić information content (AvgIpc) is 2.94. The number of hydrogen-bond acceptors (Lipinski definition) is 2. The van der Waals surface area contributed by atoms with Crippen LogP contribution in [-0.4, -0.2) is 5.97 Å². The Morgan fingerprint density at radius 2 is 2.00 bits per heavy atom. The lowest BCUT2D eigenvalue weighted by atomic mass is 10.3. The molecule has 1 fully saturated rings. The molecule has 2 rings (SSSR count). The minimum Gasteiger partial charge on any atom is -0.426 e. The Hall–Kier alpha value is -0.730. The lowest BCUT2D eigenvalue weighted by molar-refractivity contribution is -0.135. The standard InChI is InChI=1S/C10H8Cl2O2/c11-8-4-3-7(5-9(8)12)14-10(13)6-1-2-6/h3-6H,1-2H2. The van der Waals surface area contributed by atoms with Crippen LogP contribution in [0.2, 0.25) is 10.0 Å². The lowest BCUT2D eigenvalue weighted by Crippen LogP contribution is -2.09. The fourth-order valence-corrected chi connectivity index (χ4v) is 1.35. The van der Waals surface area contributed by atoms with Crippen molar-refractivity contribution in [2.24, 2.45) is 5.92 Å². The number of benzene rings is 1. The number of esters is 1. The Balaban J connectivity index is 2.08. The van der Waals surface area contributed by atoms with Gasteiger partial charge in [0.1, 0.15) is 5.75 Å². The molecule has 74 valence electrons. The first-order valence-electron chi connectivity index (χ1n) is 4.33. The molecule has 1 saturated carbocycles. The zero-order chi connectivity index (χ0) is 10.1. The van der Waals surface area contributed by atoms with Crippen molar-refractivity contribution in [1.29, 1.82) is 0 Å². The maximum absolute atomic E-state index is 11.3. The summed E-state index contributed by atoms with van der Waals surface area (Å²) in [5, 5.41) is 0.852. The highest BCUT2D eigenvalue weighted by Gasteiger charge is 2.31. The molecule has 0 atom stereocenters. The molecule has 4 heteroatoms. The summed E-state index contributed by atoms with van der Waals surface area (Å²) in [6.07, 6.45) is 1.86. The van der Waals surface area contributed by atoms with Gasteiger partial charge in [0.15, 0.2) is 0 Å². The molecular weight excluding hydrogens is 223 g/mol. The Labute approximate surface area is 91.8 Å². The second-order valence-electron chi connectivity index (χ2n) is 3.27. The van der Waals surface area contributed by atoms with Crippen LogP contribution in [0.5, 0.6) is 5.75 Å². The first-order chi connectivity index (χ1) is 6.66. The fraction of sp³-hybridized carbons (Fsp3) is 0.300. The van der Waals surface area contributed by atoms with Gasteiger partial charge in [-0.3, -0.25) is 4.79 Å². The van der Waals surface area contributed by atoms with E-state index in [0.717, 1.165) is 12.8 Å². The van der Waals surface area contributed by atoms with Gasteiger partial charge in [0.2, 0.25) is 0 Å². The molecule has 0 saturated heterocycles. The monoisotopic (exact) mass is 230 g/mol. The minimum atomic E-state index is -0.177. The molecule has 0 aliphatic heterocycles. The fourth-order valence-electron chi connectivity index (χ4n) is 1.06. The number of carbonyl (C=O) groups excluding carboxylic acids is 1. The molecule has 0 heterocycles. The van der Waals surface area contributed by atoms with Crippen molar-refractivity contribution in [3.8, 4) is 5.75 Å². The van der Waals surface area contributed by atoms with E-state index in [1.165, 1.54) is 0 Å². The maximum atomic E-state index is 11.3. The van der Waals surface area contributed by atoms with E-state index >= 15 is 0 Å². The highest BCUT2D eigenvalue weighted by atomic mass is 35.5. The van der Waals surface area contributed by atoms with Crippen LogP contribution in [-0.2, 0) is 4.79 Å². The molecule has 0 unspecified atom stereocenters. The molecule has 2 nitrogen and oxygen atoms in total. The van der Waals surface area contributed by atoms with Gasteiger partial charge in [0.05, 0.1) is 16.0 Å². The van der Waals surface area contributed by atoms with Gasteiger partial charge in [0.25, 0.3) is 0 Å². The predicted molar refractivity (Wildman–Crippen MR) is 54.8 cm³/mol. The minimum absolute atomic E-state index is 0.0875. The molecule has 0 aromatic heterocycles. The molecule has 0 N–H and O–H groups in total. The Kier molecular flexibility index (Phi) is 2.66. The van der Waals surface area contributed by atoms with Crippen LogP contribution in [0.15, 0.2) is 18.2 Å². The molecule has 0 radical (unpaired) electrons. The van der Waals surface area contributed by atoms with E-state index in [4.69, 9.17) is 27.9 Å². The Bertz CT molecular complexity index is 372. The van der Waals surface area contributed by atoms with Gasteiger partial charge in [-0.15, -0.1) is 0 Å². The summed E-state index contributed by atoms with van der Waals surface area (Å²) in [4.78, 5) is 11.3. The van der Waals surface area contributed by atoms with Crippen LogP contribution in [0.1, 0.15) is 12.8 Å². The van der Waals surface area contributed by atoms with Crippen molar-refractivity contribution in [2.45, 2.75) is 12.8 Å². The third-order valence-corrected chi connectivity index (χ3v) is 2.76. The van der Waals surface area contributed by atoms with Gasteiger partial charge >= 0.3 is 5.97 Å². The summed E-state index contributed by atoms with van der Waals surface area (Å²) in [5.74, 6) is 0.365. The van der Waals surface area contributed by atoms with Crippen molar-refractivity contribution in [2.75, 3.05) is 0 Å². The van der Waals surface area contributed by atoms with Gasteiger partial charge in [-0.25, -0.2) is 0 Å². The normalized spacial score (nSPS) is 15.3. The summed E-state index contributed by atoms with van der Waals surface area (Å²) < 4.78 is 5.09. The van der Waals surface area contributed by atoms with E-state index in [1.807, 2.05) is 0 Å². The molecule has 14 heavy (non-hydrogen) atoms. The van der Waals surface area contributed by atoms with E-state index in [-0.39, 0.29) is 11.9 Å². The average molecular weight is 231 g/mol. The van der Waals surface area contributed by atoms with Crippen molar-refractivity contribution in [3.05, 3.63) is 28.2 Å². The maximum Gasteiger partial charge on any atom is 0.314 e. The van der Waals surface area contributed by atoms with Gasteiger partial charge in [0, 0.05) is 6.07 Å². The van der Waals surface area contributed by atoms with Crippen LogP contribution in [0, 0.1) is 5.92 Å². The van der Waals surface area contributed by atoms with E-state index in [9.17, 15) is 4.79 Å². The van der Waals surface area contributed by atoms with Crippen molar-refractivity contribution < 1.29 is 9.53 Å². The quantitative estimate of drug-likeness (QED) is 0.576. The van der Waals surface area contributed by atoms with Gasteiger partial charge in [-0.1, -0.05) is 23.2 Å². The summed E-state index contributed by atoms with van der Waals surface area (Å²) >= 11 is 11.5. The zero-order valence-corrected chi connectivity index (χ0v) is 8.81. The molecule has 0 spiro atoms. The predicted octanol–water partition coefficient (Wildman–Crippen LogP) is 3.31. The first kappa shape index (κ1) is 9.81. The van der Waals surface area contributed by atoms with E-state index in [1.54, 1.807) is 18.2 Å². The van der Waals surface area contributed by atoms with Crippen LogP contribution in [0.4, 0.5) is 0 Å². The molecule has 1 aliphatic rings. The first-order valence-corrected chi connectivity index (χ1v) is 5.09. The molecular formula is C10H8Cl2O2. The summed E-state index contributed by atoms with van der Waals surface area (Å²) in [7, 11) is 0. The lowest BCUT2D eigenvalue weighted by Gasteiger charge is -2.03. The van der Waals surface area contributed by atoms with E-state index in [0.29, 0.717) is 15.8 Å². The summed E-state index contributed by atoms with van der Waals surface area (Å²) in [6, 6.07) is 4.79. The number of hydrogen-bond donors (Lipinski definition) is 0. The number of halogens is 2. The van der Waals surface area contributed by atoms with E-state index < -0.39 is 0 Å². The number of ether oxygens (including phenoxy) is 1. The molecule has 1 aliphatic carbocycles. The van der Waals surface area contributed by atoms with Crippen LogP contribution in [0.3, 0.4) is 0 Å². The van der Waals surface area contributed by atoms with Crippen molar-refractivity contribution in [3.63, 3.8) is 0 Å². The molecule has 1 aromatic carbocycles. The highest BCUT2D eigenvalue weighted by Crippen LogP contribution is 2.32. The van der Waals surface area contributed by atoms with Gasteiger partial charge in [-0.2, -0.15) is 0 Å². The number of carbonyl (C=O) groups is 1. The van der Waals surface area contributed by atoms with Crippen LogP contribution >= 0.6 is 23.2 Å². The third-order valence-electron chi connectivity index (χ3n) is 2.02. The highest BCUT2D eigenvalue weighted by molar-refractivity contribution is 6.42. The molecule has 1 aromatic rings. The summed E-state index contributed by atoms with van der Waals surface area (Å²) in [5.41, 5.74) is 0. The van der Waals surface area contributed by atoms with Crippen molar-refractivity contribution >= 4 is 29.2 Å². The topological polar surface area (TPSA) is 26.3 Å². The smallest absolute Gasteiger partial charge is 0.314 e. The Morgan fingerprint density at radius 1 is 1.29 bits per heavy atom. The second-order valence-corrected chi connectivity index (χ2v) is 4.09. The largest absolute Gasteiger partial charge is 0.426 e. The number of rotatable bonds is 2. The second kappa shape index (κ2) is 3.79. The third kappa shape index (κ3) is 2.20. The van der Waals surface area contributed by atoms with Crippen LogP contribution < -0.4 is 4.74 Å². The van der Waals surface area contributed by atoms with Crippen molar-refractivity contribution in [1.82, 2.24) is 0 Å². The zero-order valence-electron chi connectivity index (χ0n) is 7.30. The molecule has 0 bridgehead atoms. The van der Waals surface area contributed by atoms with Gasteiger partial charge in [-0.05, 0) is 25.0 Å².